The Morgan fingerprint density at radius 3 is 2.68 bits per heavy atom. The van der Waals surface area contributed by atoms with Gasteiger partial charge in [-0.3, -0.25) is 9.58 Å². The van der Waals surface area contributed by atoms with Crippen LogP contribution in [-0.2, 0) is 20.1 Å². The topological polar surface area (TPSA) is 60.0 Å². The third-order valence-electron chi connectivity index (χ3n) is 3.19. The van der Waals surface area contributed by atoms with E-state index >= 15 is 0 Å². The number of benzene rings is 1. The summed E-state index contributed by atoms with van der Waals surface area (Å²) in [6.45, 7) is 1.35. The molecule has 0 saturated heterocycles. The molecular formula is C15H16ClN5O. The molecule has 0 radical (unpaired) electrons. The number of rotatable bonds is 5. The second-order valence-corrected chi connectivity index (χ2v) is 5.65. The minimum atomic E-state index is 0.571. The summed E-state index contributed by atoms with van der Waals surface area (Å²) < 4.78 is 7.09. The van der Waals surface area contributed by atoms with Gasteiger partial charge in [0.15, 0.2) is 0 Å². The first-order valence-corrected chi connectivity index (χ1v) is 7.22. The van der Waals surface area contributed by atoms with Crippen LogP contribution in [0.2, 0.25) is 5.02 Å². The zero-order valence-corrected chi connectivity index (χ0v) is 13.2. The summed E-state index contributed by atoms with van der Waals surface area (Å²) >= 11 is 5.87. The molecule has 3 rings (SSSR count). The first-order valence-electron chi connectivity index (χ1n) is 6.85. The number of halogens is 1. The summed E-state index contributed by atoms with van der Waals surface area (Å²) in [5, 5.41) is 8.85. The van der Waals surface area contributed by atoms with Gasteiger partial charge in [0.05, 0.1) is 12.7 Å². The fourth-order valence-electron chi connectivity index (χ4n) is 2.19. The molecule has 1 aromatic carbocycles. The maximum Gasteiger partial charge on any atom is 0.241 e. The number of aryl methyl sites for hydroxylation is 1. The fraction of sp³-hybridized carbons (Fsp3) is 0.267. The molecule has 114 valence electrons. The van der Waals surface area contributed by atoms with Gasteiger partial charge in [-0.2, -0.15) is 10.1 Å². The molecule has 0 fully saturated rings. The molecule has 0 bridgehead atoms. The van der Waals surface area contributed by atoms with Gasteiger partial charge in [-0.15, -0.1) is 0 Å². The predicted octanol–water partition coefficient (Wildman–Crippen LogP) is 2.76. The highest BCUT2D eigenvalue weighted by atomic mass is 35.5. The second-order valence-electron chi connectivity index (χ2n) is 5.21. The molecule has 0 amide bonds. The molecule has 2 heterocycles. The Hall–Kier alpha value is -2.18. The van der Waals surface area contributed by atoms with Crippen LogP contribution in [0.15, 0.2) is 41.2 Å². The first-order chi connectivity index (χ1) is 10.6. The predicted molar refractivity (Wildman–Crippen MR) is 83.1 cm³/mol. The summed E-state index contributed by atoms with van der Waals surface area (Å²) in [6, 6.07) is 7.36. The van der Waals surface area contributed by atoms with Crippen molar-refractivity contribution in [3.8, 4) is 11.4 Å². The first kappa shape index (κ1) is 14.7. The minimum Gasteiger partial charge on any atom is -0.338 e. The van der Waals surface area contributed by atoms with Crippen LogP contribution in [-0.4, -0.2) is 31.9 Å². The molecule has 0 saturated carbocycles. The molecule has 0 spiro atoms. The van der Waals surface area contributed by atoms with Crippen molar-refractivity contribution in [3.05, 3.63) is 53.1 Å². The van der Waals surface area contributed by atoms with E-state index in [0.29, 0.717) is 23.3 Å². The van der Waals surface area contributed by atoms with Crippen molar-refractivity contribution in [2.24, 2.45) is 7.05 Å². The van der Waals surface area contributed by atoms with Gasteiger partial charge < -0.3 is 4.52 Å². The highest BCUT2D eigenvalue weighted by molar-refractivity contribution is 6.30. The molecule has 0 aliphatic heterocycles. The monoisotopic (exact) mass is 317 g/mol. The van der Waals surface area contributed by atoms with E-state index < -0.39 is 0 Å². The Labute approximate surface area is 133 Å². The SMILES string of the molecule is CN(Cc1cnn(C)c1)Cc1nc(-c2ccc(Cl)cc2)no1. The Balaban J connectivity index is 1.65. The molecule has 3 aromatic rings. The van der Waals surface area contributed by atoms with Crippen molar-refractivity contribution in [2.45, 2.75) is 13.1 Å². The lowest BCUT2D eigenvalue weighted by molar-refractivity contribution is 0.261. The normalized spacial score (nSPS) is 11.3. The van der Waals surface area contributed by atoms with E-state index in [1.807, 2.05) is 38.6 Å². The van der Waals surface area contributed by atoms with E-state index in [2.05, 4.69) is 20.1 Å². The van der Waals surface area contributed by atoms with E-state index in [-0.39, 0.29) is 0 Å². The van der Waals surface area contributed by atoms with Crippen molar-refractivity contribution < 1.29 is 4.52 Å². The lowest BCUT2D eigenvalue weighted by atomic mass is 10.2. The second kappa shape index (κ2) is 6.29. The zero-order valence-electron chi connectivity index (χ0n) is 12.4. The maximum absolute atomic E-state index is 5.87. The smallest absolute Gasteiger partial charge is 0.241 e. The van der Waals surface area contributed by atoms with Crippen molar-refractivity contribution in [1.29, 1.82) is 0 Å². The van der Waals surface area contributed by atoms with E-state index in [1.165, 1.54) is 0 Å². The van der Waals surface area contributed by atoms with Crippen LogP contribution in [0.5, 0.6) is 0 Å². The van der Waals surface area contributed by atoms with Gasteiger partial charge in [0.25, 0.3) is 0 Å². The molecule has 22 heavy (non-hydrogen) atoms. The van der Waals surface area contributed by atoms with Gasteiger partial charge in [0, 0.05) is 35.9 Å². The van der Waals surface area contributed by atoms with Gasteiger partial charge in [0.1, 0.15) is 0 Å². The number of nitrogens with zero attached hydrogens (tertiary/aromatic N) is 5. The largest absolute Gasteiger partial charge is 0.338 e. The van der Waals surface area contributed by atoms with E-state index in [0.717, 1.165) is 17.7 Å². The summed E-state index contributed by atoms with van der Waals surface area (Å²) in [6.07, 6.45) is 3.84. The lowest BCUT2D eigenvalue weighted by Gasteiger charge is -2.12. The average Bonchev–Trinajstić information content (AvgIpc) is 3.09. The van der Waals surface area contributed by atoms with Gasteiger partial charge in [-0.1, -0.05) is 16.8 Å². The van der Waals surface area contributed by atoms with Crippen LogP contribution < -0.4 is 0 Å². The number of hydrogen-bond donors (Lipinski definition) is 0. The van der Waals surface area contributed by atoms with Crippen molar-refractivity contribution in [2.75, 3.05) is 7.05 Å². The highest BCUT2D eigenvalue weighted by Gasteiger charge is 2.11. The van der Waals surface area contributed by atoms with Crippen molar-refractivity contribution in [3.63, 3.8) is 0 Å². The minimum absolute atomic E-state index is 0.571. The van der Waals surface area contributed by atoms with Crippen LogP contribution in [0.25, 0.3) is 11.4 Å². The molecule has 0 N–H and O–H groups in total. The number of hydrogen-bond acceptors (Lipinski definition) is 5. The van der Waals surface area contributed by atoms with Gasteiger partial charge in [-0.05, 0) is 31.3 Å². The summed E-state index contributed by atoms with van der Waals surface area (Å²) in [7, 11) is 3.90. The third kappa shape index (κ3) is 3.52. The van der Waals surface area contributed by atoms with E-state index in [9.17, 15) is 0 Å². The van der Waals surface area contributed by atoms with Crippen LogP contribution in [0.4, 0.5) is 0 Å². The maximum atomic E-state index is 5.87. The van der Waals surface area contributed by atoms with Crippen LogP contribution in [0.3, 0.4) is 0 Å². The summed E-state index contributed by atoms with van der Waals surface area (Å²) in [4.78, 5) is 6.51. The number of aromatic nitrogens is 4. The Kier molecular flexibility index (Phi) is 4.22. The molecule has 2 aromatic heterocycles. The van der Waals surface area contributed by atoms with Gasteiger partial charge in [0.2, 0.25) is 11.7 Å². The Bertz CT molecular complexity index is 749. The molecule has 6 nitrogen and oxygen atoms in total. The molecule has 7 heteroatoms. The fourth-order valence-corrected chi connectivity index (χ4v) is 2.31. The molecule has 0 unspecified atom stereocenters. The van der Waals surface area contributed by atoms with Crippen LogP contribution in [0.1, 0.15) is 11.5 Å². The van der Waals surface area contributed by atoms with Gasteiger partial charge in [-0.25, -0.2) is 0 Å². The molecule has 0 atom stereocenters. The zero-order chi connectivity index (χ0) is 15.5. The third-order valence-corrected chi connectivity index (χ3v) is 3.44. The van der Waals surface area contributed by atoms with E-state index in [4.69, 9.17) is 16.1 Å². The summed E-state index contributed by atoms with van der Waals surface area (Å²) in [5.41, 5.74) is 2.02. The molecule has 0 aliphatic carbocycles. The molecule has 0 aliphatic rings. The van der Waals surface area contributed by atoms with Crippen LogP contribution in [0, 0.1) is 0 Å². The lowest BCUT2D eigenvalue weighted by Crippen LogP contribution is -2.17. The Morgan fingerprint density at radius 1 is 1.23 bits per heavy atom. The van der Waals surface area contributed by atoms with E-state index in [1.54, 1.807) is 16.8 Å². The Morgan fingerprint density at radius 2 is 2.00 bits per heavy atom. The van der Waals surface area contributed by atoms with Crippen molar-refractivity contribution in [1.82, 2.24) is 24.8 Å². The average molecular weight is 318 g/mol. The highest BCUT2D eigenvalue weighted by Crippen LogP contribution is 2.19. The van der Waals surface area contributed by atoms with Crippen LogP contribution >= 0.6 is 11.6 Å². The van der Waals surface area contributed by atoms with Gasteiger partial charge >= 0.3 is 0 Å². The molecular weight excluding hydrogens is 302 g/mol. The summed E-state index contributed by atoms with van der Waals surface area (Å²) in [5.74, 6) is 1.15. The van der Waals surface area contributed by atoms with Crippen molar-refractivity contribution >= 4 is 11.6 Å². The quantitative estimate of drug-likeness (QED) is 0.724. The standard InChI is InChI=1S/C15H16ClN5O/c1-20(8-11-7-17-21(2)9-11)10-14-18-15(19-22-14)12-3-5-13(16)6-4-12/h3-7,9H,8,10H2,1-2H3.